The molecule has 0 aliphatic carbocycles. The van der Waals surface area contributed by atoms with Gasteiger partial charge < -0.3 is 36.9 Å². The lowest BCUT2D eigenvalue weighted by molar-refractivity contribution is -0.121. The molecule has 2 aromatic heterocycles. The fourth-order valence-electron chi connectivity index (χ4n) is 7.56. The van der Waals surface area contributed by atoms with Crippen molar-refractivity contribution in [3.8, 4) is 0 Å². The van der Waals surface area contributed by atoms with E-state index in [1.807, 2.05) is 23.9 Å². The third-order valence-electron chi connectivity index (χ3n) is 10.7. The number of fused-ring (bicyclic) bond motifs is 2. The van der Waals surface area contributed by atoms with Crippen molar-refractivity contribution >= 4 is 75.6 Å². The molecule has 316 valence electrons. The van der Waals surface area contributed by atoms with Gasteiger partial charge in [-0.1, -0.05) is 92.8 Å². The highest BCUT2D eigenvalue weighted by molar-refractivity contribution is 8.00. The Morgan fingerprint density at radius 1 is 0.807 bits per heavy atom. The number of unbranched alkanes of at least 4 members (excludes halogenated alkanes) is 12. The number of urea groups is 1. The van der Waals surface area contributed by atoms with Crippen molar-refractivity contribution in [1.29, 1.82) is 0 Å². The summed E-state index contributed by atoms with van der Waals surface area (Å²) >= 11 is 16.0. The Morgan fingerprint density at radius 2 is 1.42 bits per heavy atom. The second kappa shape index (κ2) is 25.9. The molecule has 0 spiro atoms. The highest BCUT2D eigenvalue weighted by Crippen LogP contribution is 2.35. The zero-order chi connectivity index (χ0) is 40.1. The summed E-state index contributed by atoms with van der Waals surface area (Å²) in [5, 5.41) is 18.9. The predicted molar refractivity (Wildman–Crippen MR) is 238 cm³/mol. The van der Waals surface area contributed by atoms with Crippen LogP contribution in [0.15, 0.2) is 34.6 Å². The first kappa shape index (κ1) is 45.6. The molecular weight excluding hydrogens is 800 g/mol. The number of amides is 3. The molecule has 0 bridgehead atoms. The van der Waals surface area contributed by atoms with E-state index in [1.165, 1.54) is 69.5 Å². The number of anilines is 1. The molecule has 3 aromatic rings. The number of rotatable bonds is 30. The summed E-state index contributed by atoms with van der Waals surface area (Å²) in [6, 6.07) is 6.14. The molecule has 2 saturated heterocycles. The van der Waals surface area contributed by atoms with Gasteiger partial charge in [-0.15, -0.1) is 0 Å². The molecule has 0 unspecified atom stereocenters. The van der Waals surface area contributed by atoms with Crippen molar-refractivity contribution in [3.63, 3.8) is 0 Å². The molecule has 0 saturated carbocycles. The Bertz CT molecular complexity index is 1650. The van der Waals surface area contributed by atoms with Crippen molar-refractivity contribution in [3.05, 3.63) is 34.6 Å². The monoisotopic (exact) mass is 862 g/mol. The lowest BCUT2D eigenvalue weighted by atomic mass is 10.0. The van der Waals surface area contributed by atoms with Crippen molar-refractivity contribution < 1.29 is 9.59 Å². The number of carbonyl (C=O) groups is 2. The van der Waals surface area contributed by atoms with Crippen LogP contribution < -0.4 is 32.3 Å². The molecule has 57 heavy (non-hydrogen) atoms. The van der Waals surface area contributed by atoms with Crippen LogP contribution in [-0.4, -0.2) is 87.3 Å². The van der Waals surface area contributed by atoms with Crippen molar-refractivity contribution in [1.82, 2.24) is 46.1 Å². The van der Waals surface area contributed by atoms with Gasteiger partial charge in [0.15, 0.2) is 22.1 Å². The number of aromatic nitrogens is 4. The number of hydrogen-bond acceptors (Lipinski definition) is 10. The zero-order valence-electron chi connectivity index (χ0n) is 33.5. The van der Waals surface area contributed by atoms with E-state index in [0.29, 0.717) is 45.1 Å². The van der Waals surface area contributed by atoms with Gasteiger partial charge in [0.25, 0.3) is 0 Å². The molecule has 4 heterocycles. The zero-order valence-corrected chi connectivity index (χ0v) is 36.6. The number of nitrogen functional groups attached to an aromatic ring is 1. The van der Waals surface area contributed by atoms with E-state index in [4.69, 9.17) is 33.9 Å². The van der Waals surface area contributed by atoms with E-state index in [0.717, 1.165) is 119 Å². The molecular formula is C41H64Cl2N10O2S2. The number of thioether (sulfide) groups is 1. The molecule has 7 N–H and O–H groups in total. The number of benzene rings is 1. The summed E-state index contributed by atoms with van der Waals surface area (Å²) in [5.74, 6) is 1.60. The molecule has 5 rings (SSSR count). The third kappa shape index (κ3) is 16.2. The number of carbonyl (C=O) groups excluding carboxylic acids is 2. The summed E-state index contributed by atoms with van der Waals surface area (Å²) in [4.78, 5) is 38.0. The second-order valence-electron chi connectivity index (χ2n) is 15.4. The van der Waals surface area contributed by atoms with Crippen molar-refractivity contribution in [2.45, 2.75) is 150 Å². The first-order valence-corrected chi connectivity index (χ1v) is 24.0. The summed E-state index contributed by atoms with van der Waals surface area (Å²) in [6.07, 6.45) is 21.8. The van der Waals surface area contributed by atoms with Gasteiger partial charge in [-0.25, -0.2) is 19.7 Å². The van der Waals surface area contributed by atoms with E-state index in [1.54, 1.807) is 6.07 Å². The van der Waals surface area contributed by atoms with Crippen LogP contribution in [-0.2, 0) is 11.3 Å². The van der Waals surface area contributed by atoms with Crippen LogP contribution in [0.1, 0.15) is 116 Å². The number of nitrogens with zero attached hydrogens (tertiary/aromatic N) is 4. The minimum absolute atomic E-state index is 0.0128. The molecule has 12 nitrogen and oxygen atoms in total. The number of hydrogen-bond donors (Lipinski definition) is 6. The van der Waals surface area contributed by atoms with Gasteiger partial charge >= 0.3 is 6.03 Å². The van der Waals surface area contributed by atoms with E-state index in [-0.39, 0.29) is 11.9 Å². The van der Waals surface area contributed by atoms with Gasteiger partial charge in [-0.2, -0.15) is 11.8 Å². The minimum Gasteiger partial charge on any atom is -0.382 e. The molecule has 0 radical (unpaired) electrons. The third-order valence-corrected chi connectivity index (χ3v) is 13.6. The minimum atomic E-state index is 0.0128. The Balaban J connectivity index is 0.763. The van der Waals surface area contributed by atoms with Crippen LogP contribution in [0.2, 0.25) is 10.0 Å². The molecule has 2 aliphatic heterocycles. The van der Waals surface area contributed by atoms with E-state index < -0.39 is 0 Å². The topological polar surface area (TPSA) is 164 Å². The van der Waals surface area contributed by atoms with Gasteiger partial charge in [-0.05, 0) is 95.7 Å². The van der Waals surface area contributed by atoms with Crippen LogP contribution >= 0.6 is 46.7 Å². The van der Waals surface area contributed by atoms with E-state index >= 15 is 0 Å². The summed E-state index contributed by atoms with van der Waals surface area (Å²) < 4.78 is 2.11. The molecule has 3 amide bonds. The first-order valence-electron chi connectivity index (χ1n) is 21.3. The van der Waals surface area contributed by atoms with Crippen LogP contribution in [0, 0.1) is 0 Å². The number of imidazole rings is 1. The number of nitrogens with two attached hydrogens (primary N) is 1. The lowest BCUT2D eigenvalue weighted by Crippen LogP contribution is -2.36. The van der Waals surface area contributed by atoms with Crippen LogP contribution in [0.4, 0.5) is 10.6 Å². The van der Waals surface area contributed by atoms with Crippen molar-refractivity contribution in [2.75, 3.05) is 44.2 Å². The largest absolute Gasteiger partial charge is 0.382 e. The maximum Gasteiger partial charge on any atom is 0.315 e. The van der Waals surface area contributed by atoms with E-state index in [2.05, 4.69) is 41.1 Å². The van der Waals surface area contributed by atoms with Gasteiger partial charge in [0.05, 0.1) is 12.1 Å². The average molecular weight is 864 g/mol. The molecule has 1 aromatic carbocycles. The summed E-state index contributed by atoms with van der Waals surface area (Å²) in [6.45, 7) is 5.89. The predicted octanol–water partition coefficient (Wildman–Crippen LogP) is 8.35. The molecule has 3 atom stereocenters. The molecule has 2 fully saturated rings. The van der Waals surface area contributed by atoms with E-state index in [9.17, 15) is 9.59 Å². The van der Waals surface area contributed by atoms with Crippen LogP contribution in [0.5, 0.6) is 0 Å². The fraction of sp³-hybridized carbons (Fsp3) is 0.683. The van der Waals surface area contributed by atoms with Gasteiger partial charge in [-0.3, -0.25) is 4.79 Å². The smallest absolute Gasteiger partial charge is 0.315 e. The fourth-order valence-corrected chi connectivity index (χ4v) is 10.8. The first-order chi connectivity index (χ1) is 27.9. The average Bonchev–Trinajstić information content (AvgIpc) is 3.85. The van der Waals surface area contributed by atoms with Crippen molar-refractivity contribution in [2.24, 2.45) is 0 Å². The molecule has 2 aliphatic rings. The number of nitrogens with one attached hydrogen (secondary N) is 5. The number of halogens is 2. The van der Waals surface area contributed by atoms with Crippen LogP contribution in [0.3, 0.4) is 0 Å². The lowest BCUT2D eigenvalue weighted by Gasteiger charge is -2.16. The normalized spacial score (nSPS) is 17.6. The maximum absolute atomic E-state index is 12.3. The summed E-state index contributed by atoms with van der Waals surface area (Å²) in [5.41, 5.74) is 7.46. The Labute approximate surface area is 357 Å². The number of aryl methyl sites for hydroxylation is 1. The standard InChI is InChI=1S/C41H64Cl2N10O2S2/c42-30-25-31(43)27-32(26-30)57-41-52-37-38(44)48-29-49-39(37)53(41)24-16-6-2-1-3-15-23-47-35(54)18-10-8-14-22-46-20-12-5-4-11-19-45-21-13-7-9-17-34-36-33(28-56-34)50-40(55)51-36/h25-27,29,33-34,36,45-46H,1-24,28H2,(H,47,54)(H2,44,48,49)(H2,50,51,55)/t33-,34+,36-/m0/s1. The quantitative estimate of drug-likeness (QED) is 0.0284. The maximum atomic E-state index is 12.3. The van der Waals surface area contributed by atoms with Gasteiger partial charge in [0.2, 0.25) is 5.91 Å². The van der Waals surface area contributed by atoms with Gasteiger partial charge in [0.1, 0.15) is 6.33 Å². The SMILES string of the molecule is Nc1ncnc2c1nc(Sc1cc(Cl)cc(Cl)c1)n2CCCCCCCCNC(=O)CCCCCNCCCCCCNCCCCC[C@H]1SC[C@@H]2NC(=O)N[C@@H]21. The van der Waals surface area contributed by atoms with Gasteiger partial charge in [0, 0.05) is 45.5 Å². The highest BCUT2D eigenvalue weighted by atomic mass is 35.5. The summed E-state index contributed by atoms with van der Waals surface area (Å²) in [7, 11) is 0. The van der Waals surface area contributed by atoms with Crippen LogP contribution in [0.25, 0.3) is 11.2 Å². The Morgan fingerprint density at radius 3 is 2.12 bits per heavy atom. The Kier molecular flexibility index (Phi) is 20.7. The Hall–Kier alpha value is -2.49. The highest BCUT2D eigenvalue weighted by Gasteiger charge is 2.42. The molecule has 16 heteroatoms. The second-order valence-corrected chi connectivity index (χ2v) is 18.5.